The van der Waals surface area contributed by atoms with E-state index in [1.165, 1.54) is 0 Å². The summed E-state index contributed by atoms with van der Waals surface area (Å²) in [5, 5.41) is 7.17. The number of esters is 1. The third-order valence-electron chi connectivity index (χ3n) is 7.75. The molecule has 2 N–H and O–H groups in total. The number of benzene rings is 4. The van der Waals surface area contributed by atoms with E-state index in [0.717, 1.165) is 52.2 Å². The number of fused-ring (bicyclic) bond motifs is 6. The van der Waals surface area contributed by atoms with E-state index < -0.39 is 11.3 Å². The minimum absolute atomic E-state index is 0.351. The average Bonchev–Trinajstić information content (AvgIpc) is 3.47. The Morgan fingerprint density at radius 1 is 0.842 bits per heavy atom. The van der Waals surface area contributed by atoms with Crippen LogP contribution >= 0.6 is 0 Å². The topological polar surface area (TPSA) is 68.8 Å². The maximum atomic E-state index is 13.4. The van der Waals surface area contributed by atoms with Crippen molar-refractivity contribution in [3.05, 3.63) is 113 Å². The Kier molecular flexibility index (Phi) is 5.03. The fourth-order valence-electron chi connectivity index (χ4n) is 5.95. The number of aryl methyl sites for hydroxylation is 1. The van der Waals surface area contributed by atoms with Crippen LogP contribution < -0.4 is 15.4 Å². The van der Waals surface area contributed by atoms with Crippen molar-refractivity contribution in [2.24, 2.45) is 0 Å². The van der Waals surface area contributed by atoms with Crippen molar-refractivity contribution in [2.75, 3.05) is 17.2 Å². The van der Waals surface area contributed by atoms with Gasteiger partial charge in [-0.3, -0.25) is 0 Å². The van der Waals surface area contributed by atoms with Crippen molar-refractivity contribution in [3.63, 3.8) is 0 Å². The van der Waals surface area contributed by atoms with Crippen molar-refractivity contribution < 1.29 is 19.0 Å². The number of carbonyl (C=O) groups is 1. The lowest BCUT2D eigenvalue weighted by molar-refractivity contribution is 0.0222. The van der Waals surface area contributed by atoms with Gasteiger partial charge < -0.3 is 24.8 Å². The SMILES string of the molecule is Cc1cc2c(cc1Nc1ccccc1)C1(OC(=O)c3ccccc31)c1c(NC3(C)CCCO3)cccc1O2. The van der Waals surface area contributed by atoms with Crippen LogP contribution in [-0.2, 0) is 15.1 Å². The van der Waals surface area contributed by atoms with Gasteiger partial charge in [0.2, 0.25) is 0 Å². The number of para-hydroxylation sites is 1. The molecular weight excluding hydrogens is 476 g/mol. The van der Waals surface area contributed by atoms with Gasteiger partial charge in [-0.1, -0.05) is 42.5 Å². The minimum atomic E-state index is -1.18. The smallest absolute Gasteiger partial charge is 0.340 e. The zero-order valence-corrected chi connectivity index (χ0v) is 21.3. The summed E-state index contributed by atoms with van der Waals surface area (Å²) in [5.41, 5.74) is 4.93. The van der Waals surface area contributed by atoms with Crippen LogP contribution in [-0.4, -0.2) is 18.3 Å². The maximum Gasteiger partial charge on any atom is 0.340 e. The Balaban J connectivity index is 1.47. The predicted octanol–water partition coefficient (Wildman–Crippen LogP) is 7.25. The van der Waals surface area contributed by atoms with Crippen molar-refractivity contribution in [2.45, 2.75) is 38.0 Å². The highest BCUT2D eigenvalue weighted by atomic mass is 16.6. The molecule has 6 heteroatoms. The van der Waals surface area contributed by atoms with E-state index in [4.69, 9.17) is 14.2 Å². The summed E-state index contributed by atoms with van der Waals surface area (Å²) in [6, 6.07) is 27.6. The van der Waals surface area contributed by atoms with Gasteiger partial charge in [-0.2, -0.15) is 0 Å². The molecule has 2 atom stereocenters. The highest BCUT2D eigenvalue weighted by molar-refractivity contribution is 5.97. The summed E-state index contributed by atoms with van der Waals surface area (Å²) < 4.78 is 19.1. The largest absolute Gasteiger partial charge is 0.456 e. The molecule has 1 fully saturated rings. The van der Waals surface area contributed by atoms with Crippen LogP contribution in [0.5, 0.6) is 11.5 Å². The average molecular weight is 505 g/mol. The zero-order valence-electron chi connectivity index (χ0n) is 21.3. The fraction of sp³-hybridized carbons (Fsp3) is 0.219. The highest BCUT2D eigenvalue weighted by Crippen LogP contribution is 2.59. The Morgan fingerprint density at radius 3 is 2.47 bits per heavy atom. The van der Waals surface area contributed by atoms with Gasteiger partial charge in [-0.15, -0.1) is 0 Å². The third kappa shape index (κ3) is 3.41. The summed E-state index contributed by atoms with van der Waals surface area (Å²) in [5.74, 6) is 0.964. The zero-order chi connectivity index (χ0) is 25.9. The monoisotopic (exact) mass is 504 g/mol. The molecule has 0 saturated carbocycles. The quantitative estimate of drug-likeness (QED) is 0.286. The summed E-state index contributed by atoms with van der Waals surface area (Å²) >= 11 is 0. The second-order valence-corrected chi connectivity index (χ2v) is 10.4. The molecule has 0 bridgehead atoms. The fourth-order valence-corrected chi connectivity index (χ4v) is 5.95. The van der Waals surface area contributed by atoms with E-state index in [0.29, 0.717) is 23.7 Å². The number of rotatable bonds is 4. The molecule has 0 amide bonds. The first-order chi connectivity index (χ1) is 18.5. The number of hydrogen-bond acceptors (Lipinski definition) is 6. The van der Waals surface area contributed by atoms with Gasteiger partial charge >= 0.3 is 5.97 Å². The molecule has 1 spiro atoms. The van der Waals surface area contributed by atoms with Gasteiger partial charge in [0, 0.05) is 34.8 Å². The predicted molar refractivity (Wildman–Crippen MR) is 146 cm³/mol. The van der Waals surface area contributed by atoms with Crippen LogP contribution in [0.4, 0.5) is 17.1 Å². The van der Waals surface area contributed by atoms with E-state index in [1.54, 1.807) is 0 Å². The standard InChI is InChI=1S/C32H28N2O4/c1-20-18-28-24(19-26(20)33-21-10-4-3-5-11-21)32(23-13-7-6-12-22(23)30(35)38-32)29-25(14-8-15-27(29)37-28)34-31(2)16-9-17-36-31/h3-8,10-15,18-19,33-34H,9,16-17H2,1-2H3. The molecule has 0 aromatic heterocycles. The van der Waals surface area contributed by atoms with Crippen LogP contribution in [0.3, 0.4) is 0 Å². The van der Waals surface area contributed by atoms with E-state index >= 15 is 0 Å². The summed E-state index contributed by atoms with van der Waals surface area (Å²) in [4.78, 5) is 13.4. The van der Waals surface area contributed by atoms with Gasteiger partial charge in [0.25, 0.3) is 0 Å². The van der Waals surface area contributed by atoms with Crippen molar-refractivity contribution >= 4 is 23.0 Å². The van der Waals surface area contributed by atoms with Gasteiger partial charge in [0.1, 0.15) is 17.2 Å². The molecule has 7 rings (SSSR count). The molecule has 4 aromatic carbocycles. The molecule has 3 aliphatic heterocycles. The van der Waals surface area contributed by atoms with Gasteiger partial charge in [-0.05, 0) is 74.7 Å². The van der Waals surface area contributed by atoms with Crippen molar-refractivity contribution in [1.82, 2.24) is 0 Å². The van der Waals surface area contributed by atoms with Crippen LogP contribution in [0.15, 0.2) is 84.9 Å². The lowest BCUT2D eigenvalue weighted by atomic mass is 9.76. The third-order valence-corrected chi connectivity index (χ3v) is 7.75. The van der Waals surface area contributed by atoms with E-state index in [-0.39, 0.29) is 5.97 Å². The molecule has 38 heavy (non-hydrogen) atoms. The Bertz CT molecular complexity index is 1580. The Morgan fingerprint density at radius 2 is 1.66 bits per heavy atom. The summed E-state index contributed by atoms with van der Waals surface area (Å²) in [6.07, 6.45) is 1.86. The van der Waals surface area contributed by atoms with E-state index in [1.807, 2.05) is 85.8 Å². The van der Waals surface area contributed by atoms with Crippen LogP contribution in [0.1, 0.15) is 52.4 Å². The molecule has 4 aromatic rings. The first kappa shape index (κ1) is 22.9. The maximum absolute atomic E-state index is 13.4. The molecule has 0 aliphatic carbocycles. The number of anilines is 3. The first-order valence-electron chi connectivity index (χ1n) is 13.0. The van der Waals surface area contributed by atoms with Crippen molar-refractivity contribution in [1.29, 1.82) is 0 Å². The summed E-state index contributed by atoms with van der Waals surface area (Å²) in [6.45, 7) is 4.81. The number of nitrogens with one attached hydrogen (secondary N) is 2. The van der Waals surface area contributed by atoms with Gasteiger partial charge in [0.05, 0.1) is 11.1 Å². The number of carbonyl (C=O) groups excluding carboxylic acids is 1. The minimum Gasteiger partial charge on any atom is -0.456 e. The normalized spacial score (nSPS) is 22.7. The second kappa shape index (κ2) is 8.36. The lowest BCUT2D eigenvalue weighted by Crippen LogP contribution is -2.38. The van der Waals surface area contributed by atoms with E-state index in [2.05, 4.69) is 23.6 Å². The Hall–Kier alpha value is -4.29. The first-order valence-corrected chi connectivity index (χ1v) is 13.0. The number of ether oxygens (including phenoxy) is 3. The van der Waals surface area contributed by atoms with Crippen LogP contribution in [0, 0.1) is 6.92 Å². The van der Waals surface area contributed by atoms with Gasteiger partial charge in [0.15, 0.2) is 5.60 Å². The molecule has 3 aliphatic rings. The molecular formula is C32H28N2O4. The van der Waals surface area contributed by atoms with Crippen molar-refractivity contribution in [3.8, 4) is 11.5 Å². The summed E-state index contributed by atoms with van der Waals surface area (Å²) in [7, 11) is 0. The molecule has 0 radical (unpaired) electrons. The van der Waals surface area contributed by atoms with Crippen LogP contribution in [0.2, 0.25) is 0 Å². The van der Waals surface area contributed by atoms with E-state index in [9.17, 15) is 4.79 Å². The Labute approximate surface area is 221 Å². The molecule has 3 heterocycles. The molecule has 2 unspecified atom stereocenters. The lowest BCUT2D eigenvalue weighted by Gasteiger charge is -2.39. The molecule has 1 saturated heterocycles. The molecule has 6 nitrogen and oxygen atoms in total. The second-order valence-electron chi connectivity index (χ2n) is 10.4. The highest BCUT2D eigenvalue weighted by Gasteiger charge is 2.55. The van der Waals surface area contributed by atoms with Crippen LogP contribution in [0.25, 0.3) is 0 Å². The molecule has 190 valence electrons. The number of hydrogen-bond donors (Lipinski definition) is 2. The van der Waals surface area contributed by atoms with Gasteiger partial charge in [-0.25, -0.2) is 4.79 Å².